The second-order valence-electron chi connectivity index (χ2n) is 11.4. The van der Waals surface area contributed by atoms with Crippen molar-refractivity contribution in [1.29, 1.82) is 0 Å². The van der Waals surface area contributed by atoms with Crippen LogP contribution in [0.15, 0.2) is 42.2 Å². The van der Waals surface area contributed by atoms with E-state index >= 15 is 0 Å². The maximum atomic E-state index is 11.5. The monoisotopic (exact) mass is 651 g/mol. The summed E-state index contributed by atoms with van der Waals surface area (Å²) < 4.78 is 0. The first-order chi connectivity index (χ1) is 15.5. The standard InChI is InChI=1S/C20H20N.C11H20O2.Ir/c1-12-6-13(2)9-17(8-12)18-11-16(5)20-15(4)7-14(3)10-19(20)21-18;1-10(2,3)8(12)7-9(13)11(4,5)6;/h6-8,10-11H,1-5H3;7,12H,1-6H3;/q-1;;/b;8-7-;. The molecule has 3 aromatic rings. The molecule has 0 bridgehead atoms. The fourth-order valence-electron chi connectivity index (χ4n) is 3.71. The van der Waals surface area contributed by atoms with Crippen molar-refractivity contribution in [2.24, 2.45) is 10.8 Å². The van der Waals surface area contributed by atoms with Crippen LogP contribution in [0.2, 0.25) is 0 Å². The van der Waals surface area contributed by atoms with Crippen molar-refractivity contribution in [1.82, 2.24) is 4.98 Å². The van der Waals surface area contributed by atoms with Crippen LogP contribution in [0.5, 0.6) is 0 Å². The smallest absolute Gasteiger partial charge is 0.164 e. The summed E-state index contributed by atoms with van der Waals surface area (Å²) in [6, 6.07) is 14.3. The van der Waals surface area contributed by atoms with Crippen LogP contribution in [0.4, 0.5) is 0 Å². The number of benzene rings is 2. The SMILES string of the molecule is CC(C)(C)C(=O)/C=C(\O)C(C)(C)C.Cc1[c-]c(-c2cc(C)c3c(C)cc(C)cc3n2)cc(C)c1.[Ir]. The molecule has 0 saturated carbocycles. The molecule has 3 nitrogen and oxygen atoms in total. The van der Waals surface area contributed by atoms with Gasteiger partial charge >= 0.3 is 0 Å². The summed E-state index contributed by atoms with van der Waals surface area (Å²) in [6.45, 7) is 21.8. The zero-order chi connectivity index (χ0) is 26.0. The summed E-state index contributed by atoms with van der Waals surface area (Å²) in [4.78, 5) is 16.4. The van der Waals surface area contributed by atoms with Crippen molar-refractivity contribution in [3.63, 3.8) is 0 Å². The molecule has 0 aliphatic carbocycles. The number of rotatable bonds is 2. The van der Waals surface area contributed by atoms with E-state index < -0.39 is 5.41 Å². The van der Waals surface area contributed by atoms with Gasteiger partial charge in [0.25, 0.3) is 0 Å². The van der Waals surface area contributed by atoms with Gasteiger partial charge in [0.1, 0.15) is 5.76 Å². The van der Waals surface area contributed by atoms with Crippen molar-refractivity contribution in [3.8, 4) is 11.3 Å². The molecule has 0 unspecified atom stereocenters. The average molecular weight is 651 g/mol. The summed E-state index contributed by atoms with van der Waals surface area (Å²) in [5.74, 6) is 0.104. The van der Waals surface area contributed by atoms with Crippen LogP contribution in [-0.4, -0.2) is 15.9 Å². The topological polar surface area (TPSA) is 50.2 Å². The van der Waals surface area contributed by atoms with Gasteiger partial charge in [-0.25, -0.2) is 0 Å². The Balaban J connectivity index is 0.000000383. The van der Waals surface area contributed by atoms with Crippen molar-refractivity contribution in [2.45, 2.75) is 76.2 Å². The zero-order valence-corrected chi connectivity index (χ0v) is 25.5. The van der Waals surface area contributed by atoms with E-state index in [0.29, 0.717) is 0 Å². The van der Waals surface area contributed by atoms with Gasteiger partial charge in [-0.1, -0.05) is 67.5 Å². The average Bonchev–Trinajstić information content (AvgIpc) is 2.65. The quantitative estimate of drug-likeness (QED) is 0.172. The summed E-state index contributed by atoms with van der Waals surface area (Å²) in [5.41, 5.74) is 8.65. The molecule has 0 aliphatic rings. The molecule has 0 saturated heterocycles. The Labute approximate surface area is 225 Å². The first-order valence-electron chi connectivity index (χ1n) is 11.8. The Morgan fingerprint density at radius 1 is 0.829 bits per heavy atom. The number of hydrogen-bond donors (Lipinski definition) is 1. The first-order valence-corrected chi connectivity index (χ1v) is 11.8. The number of fused-ring (bicyclic) bond motifs is 1. The number of nitrogens with zero attached hydrogens (tertiary/aromatic N) is 1. The number of aryl methyl sites for hydroxylation is 5. The summed E-state index contributed by atoms with van der Waals surface area (Å²) in [5, 5.41) is 10.8. The van der Waals surface area contributed by atoms with E-state index in [0.717, 1.165) is 22.3 Å². The van der Waals surface area contributed by atoms with Gasteiger partial charge < -0.3 is 5.11 Å². The molecule has 191 valence electrons. The van der Waals surface area contributed by atoms with Crippen molar-refractivity contribution in [2.75, 3.05) is 0 Å². The maximum absolute atomic E-state index is 11.5. The number of carbonyl (C=O) groups excluding carboxylic acids is 1. The van der Waals surface area contributed by atoms with Gasteiger partial charge in [0, 0.05) is 42.4 Å². The number of carbonyl (C=O) groups is 1. The summed E-state index contributed by atoms with van der Waals surface area (Å²) in [6.07, 6.45) is 1.33. The molecule has 1 radical (unpaired) electrons. The van der Waals surface area contributed by atoms with Gasteiger partial charge in [-0.2, -0.15) is 0 Å². The molecular weight excluding hydrogens is 611 g/mol. The molecule has 4 heteroatoms. The van der Waals surface area contributed by atoms with E-state index in [1.807, 2.05) is 41.5 Å². The Kier molecular flexibility index (Phi) is 10.2. The molecule has 0 amide bonds. The minimum atomic E-state index is -0.417. The van der Waals surface area contributed by atoms with E-state index in [-0.39, 0.29) is 37.1 Å². The van der Waals surface area contributed by atoms with E-state index in [9.17, 15) is 9.90 Å². The molecule has 0 aliphatic heterocycles. The van der Waals surface area contributed by atoms with Gasteiger partial charge in [-0.05, 0) is 49.2 Å². The number of pyridine rings is 1. The molecule has 0 spiro atoms. The maximum Gasteiger partial charge on any atom is 0.164 e. The van der Waals surface area contributed by atoms with E-state index in [2.05, 4.69) is 71.0 Å². The molecule has 35 heavy (non-hydrogen) atoms. The normalized spacial score (nSPS) is 12.0. The third-order valence-electron chi connectivity index (χ3n) is 5.65. The second-order valence-corrected chi connectivity index (χ2v) is 11.4. The Bertz CT molecular complexity index is 1220. The minimum Gasteiger partial charge on any atom is -0.512 e. The van der Waals surface area contributed by atoms with Gasteiger partial charge in [0.05, 0.1) is 5.52 Å². The number of aliphatic hydroxyl groups excluding tert-OH is 1. The van der Waals surface area contributed by atoms with Crippen LogP contribution in [0, 0.1) is 51.5 Å². The number of aliphatic hydroxyl groups is 1. The van der Waals surface area contributed by atoms with Crippen LogP contribution in [0.1, 0.15) is 69.4 Å². The molecular formula is C31H40IrNO2-. The van der Waals surface area contributed by atoms with Crippen molar-refractivity contribution < 1.29 is 30.0 Å². The number of hydrogen-bond acceptors (Lipinski definition) is 3. The molecule has 0 fully saturated rings. The summed E-state index contributed by atoms with van der Waals surface area (Å²) in [7, 11) is 0. The van der Waals surface area contributed by atoms with Gasteiger partial charge in [-0.3, -0.25) is 9.78 Å². The van der Waals surface area contributed by atoms with Crippen LogP contribution in [0.3, 0.4) is 0 Å². The molecule has 3 rings (SSSR count). The summed E-state index contributed by atoms with van der Waals surface area (Å²) >= 11 is 0. The molecule has 1 aromatic heterocycles. The third-order valence-corrected chi connectivity index (χ3v) is 5.65. The Morgan fingerprint density at radius 2 is 1.37 bits per heavy atom. The zero-order valence-electron chi connectivity index (χ0n) is 23.1. The van der Waals surface area contributed by atoms with Crippen LogP contribution < -0.4 is 0 Å². The van der Waals surface area contributed by atoms with E-state index in [1.54, 1.807) is 0 Å². The number of ketones is 1. The second kappa shape index (κ2) is 11.6. The van der Waals surface area contributed by atoms with Crippen LogP contribution in [-0.2, 0) is 24.9 Å². The first kappa shape index (κ1) is 30.7. The van der Waals surface area contributed by atoms with Crippen LogP contribution in [0.25, 0.3) is 22.2 Å². The predicted octanol–water partition coefficient (Wildman–Crippen LogP) is 8.33. The number of aromatic nitrogens is 1. The predicted molar refractivity (Wildman–Crippen MR) is 144 cm³/mol. The number of allylic oxidation sites excluding steroid dienone is 2. The van der Waals surface area contributed by atoms with E-state index in [4.69, 9.17) is 4.98 Å². The fourth-order valence-corrected chi connectivity index (χ4v) is 3.71. The molecule has 1 N–H and O–H groups in total. The van der Waals surface area contributed by atoms with Crippen molar-refractivity contribution in [3.05, 3.63) is 76.1 Å². The largest absolute Gasteiger partial charge is 0.512 e. The molecule has 2 aromatic carbocycles. The third kappa shape index (κ3) is 8.40. The van der Waals surface area contributed by atoms with Gasteiger partial charge in [0.15, 0.2) is 5.78 Å². The Morgan fingerprint density at radius 3 is 1.89 bits per heavy atom. The molecule has 0 atom stereocenters. The van der Waals surface area contributed by atoms with Crippen LogP contribution >= 0.6 is 0 Å². The minimum absolute atomic E-state index is 0. The molecule has 1 heterocycles. The van der Waals surface area contributed by atoms with Crippen molar-refractivity contribution >= 4 is 16.7 Å². The van der Waals surface area contributed by atoms with E-state index in [1.165, 1.54) is 33.7 Å². The fraction of sp³-hybridized carbons (Fsp3) is 0.419. The van der Waals surface area contributed by atoms with Gasteiger partial charge in [0.2, 0.25) is 0 Å². The Hall–Kier alpha value is -2.29. The van der Waals surface area contributed by atoms with Gasteiger partial charge in [-0.15, -0.1) is 34.9 Å².